The van der Waals surface area contributed by atoms with Crippen molar-refractivity contribution in [3.8, 4) is 5.75 Å². The van der Waals surface area contributed by atoms with Gasteiger partial charge in [-0.1, -0.05) is 26.0 Å². The van der Waals surface area contributed by atoms with Gasteiger partial charge in [0.25, 0.3) is 0 Å². The van der Waals surface area contributed by atoms with E-state index in [9.17, 15) is 9.50 Å². The third-order valence-corrected chi connectivity index (χ3v) is 3.91. The Kier molecular flexibility index (Phi) is 4.66. The van der Waals surface area contributed by atoms with E-state index in [2.05, 4.69) is 19.2 Å². The Balaban J connectivity index is 2.04. The van der Waals surface area contributed by atoms with Gasteiger partial charge < -0.3 is 15.2 Å². The molecule has 3 nitrogen and oxygen atoms in total. The van der Waals surface area contributed by atoms with Gasteiger partial charge in [0.05, 0.1) is 6.61 Å². The Morgan fingerprint density at radius 2 is 2.25 bits per heavy atom. The third-order valence-electron chi connectivity index (χ3n) is 3.91. The molecular weight excluding hydrogens is 257 g/mol. The van der Waals surface area contributed by atoms with E-state index in [4.69, 9.17) is 4.74 Å². The number of aryl methyl sites for hydroxylation is 1. The lowest BCUT2D eigenvalue weighted by Crippen LogP contribution is -2.50. The summed E-state index contributed by atoms with van der Waals surface area (Å²) in [6.45, 7) is 5.94. The summed E-state index contributed by atoms with van der Waals surface area (Å²) in [5, 5.41) is 13.1. The summed E-state index contributed by atoms with van der Waals surface area (Å²) < 4.78 is 19.7. The van der Waals surface area contributed by atoms with Crippen LogP contribution in [0.25, 0.3) is 0 Å². The molecule has 0 aliphatic heterocycles. The minimum absolute atomic E-state index is 0.0512. The van der Waals surface area contributed by atoms with Crippen LogP contribution >= 0.6 is 0 Å². The molecule has 1 saturated carbocycles. The number of hydrogen-bond donors (Lipinski definition) is 2. The fourth-order valence-electron chi connectivity index (χ4n) is 3.00. The van der Waals surface area contributed by atoms with Gasteiger partial charge >= 0.3 is 0 Å². The first-order chi connectivity index (χ1) is 9.46. The summed E-state index contributed by atoms with van der Waals surface area (Å²) in [6.07, 6.45) is 2.33. The lowest BCUT2D eigenvalue weighted by Gasteiger charge is -2.31. The molecule has 2 atom stereocenters. The topological polar surface area (TPSA) is 41.5 Å². The maximum Gasteiger partial charge on any atom is 0.167 e. The average molecular weight is 281 g/mol. The third kappa shape index (κ3) is 3.30. The summed E-state index contributed by atoms with van der Waals surface area (Å²) in [5.41, 5.74) is 0.299. The molecule has 112 valence electrons. The predicted molar refractivity (Wildman–Crippen MR) is 77.5 cm³/mol. The SMILES string of the molecule is Cc1cccc(OC2CCC(CO)(NC(C)C)C2)c1F. The van der Waals surface area contributed by atoms with E-state index in [1.165, 1.54) is 0 Å². The molecule has 1 aliphatic carbocycles. The summed E-state index contributed by atoms with van der Waals surface area (Å²) in [7, 11) is 0. The average Bonchev–Trinajstić information content (AvgIpc) is 2.78. The highest BCUT2D eigenvalue weighted by molar-refractivity contribution is 5.30. The van der Waals surface area contributed by atoms with Crippen molar-refractivity contribution in [1.29, 1.82) is 0 Å². The first-order valence-electron chi connectivity index (χ1n) is 7.26. The second-order valence-corrected chi connectivity index (χ2v) is 6.11. The molecule has 2 unspecified atom stereocenters. The van der Waals surface area contributed by atoms with Crippen LogP contribution in [0.2, 0.25) is 0 Å². The van der Waals surface area contributed by atoms with Gasteiger partial charge in [-0.2, -0.15) is 0 Å². The van der Waals surface area contributed by atoms with Crippen molar-refractivity contribution in [2.24, 2.45) is 0 Å². The molecule has 1 aromatic rings. The van der Waals surface area contributed by atoms with Crippen molar-refractivity contribution in [1.82, 2.24) is 5.32 Å². The highest BCUT2D eigenvalue weighted by Crippen LogP contribution is 2.34. The van der Waals surface area contributed by atoms with Crippen LogP contribution in [0.4, 0.5) is 4.39 Å². The fraction of sp³-hybridized carbons (Fsp3) is 0.625. The molecule has 0 heterocycles. The Morgan fingerprint density at radius 1 is 1.50 bits per heavy atom. The molecule has 0 bridgehead atoms. The van der Waals surface area contributed by atoms with E-state index in [1.807, 2.05) is 0 Å². The van der Waals surface area contributed by atoms with Crippen LogP contribution in [0, 0.1) is 12.7 Å². The minimum Gasteiger partial charge on any atom is -0.487 e. The van der Waals surface area contributed by atoms with Crippen LogP contribution in [0.15, 0.2) is 18.2 Å². The maximum absolute atomic E-state index is 13.9. The van der Waals surface area contributed by atoms with E-state index in [1.54, 1.807) is 25.1 Å². The molecule has 0 aromatic heterocycles. The Morgan fingerprint density at radius 3 is 2.90 bits per heavy atom. The number of aliphatic hydroxyl groups excluding tert-OH is 1. The van der Waals surface area contributed by atoms with Crippen molar-refractivity contribution < 1.29 is 14.2 Å². The molecule has 0 spiro atoms. The van der Waals surface area contributed by atoms with Crippen molar-refractivity contribution in [3.05, 3.63) is 29.6 Å². The number of nitrogens with one attached hydrogen (secondary N) is 1. The van der Waals surface area contributed by atoms with E-state index >= 15 is 0 Å². The summed E-state index contributed by atoms with van der Waals surface area (Å²) in [4.78, 5) is 0. The molecule has 1 aromatic carbocycles. The first kappa shape index (κ1) is 15.3. The van der Waals surface area contributed by atoms with Crippen LogP contribution in [0.5, 0.6) is 5.75 Å². The number of ether oxygens (including phenoxy) is 1. The number of rotatable bonds is 5. The Labute approximate surface area is 120 Å². The van der Waals surface area contributed by atoms with Crippen LogP contribution in [-0.4, -0.2) is 29.4 Å². The second-order valence-electron chi connectivity index (χ2n) is 6.11. The number of benzene rings is 1. The zero-order chi connectivity index (χ0) is 14.8. The molecule has 2 rings (SSSR count). The summed E-state index contributed by atoms with van der Waals surface area (Å²) in [5.74, 6) is 0.0269. The fourth-order valence-corrected chi connectivity index (χ4v) is 3.00. The number of hydrogen-bond acceptors (Lipinski definition) is 3. The lowest BCUT2D eigenvalue weighted by molar-refractivity contribution is 0.131. The van der Waals surface area contributed by atoms with Gasteiger partial charge in [-0.15, -0.1) is 0 Å². The van der Waals surface area contributed by atoms with E-state index in [0.717, 1.165) is 12.8 Å². The molecular formula is C16H24FNO2. The number of halogens is 1. The second kappa shape index (κ2) is 6.10. The molecule has 4 heteroatoms. The zero-order valence-corrected chi connectivity index (χ0v) is 12.4. The van der Waals surface area contributed by atoms with Crippen molar-refractivity contribution >= 4 is 0 Å². The van der Waals surface area contributed by atoms with Gasteiger partial charge in [0.1, 0.15) is 6.10 Å². The molecule has 2 N–H and O–H groups in total. The first-order valence-corrected chi connectivity index (χ1v) is 7.26. The van der Waals surface area contributed by atoms with Gasteiger partial charge in [-0.3, -0.25) is 0 Å². The smallest absolute Gasteiger partial charge is 0.167 e. The van der Waals surface area contributed by atoms with Gasteiger partial charge in [-0.25, -0.2) is 4.39 Å². The van der Waals surface area contributed by atoms with E-state index in [0.29, 0.717) is 23.8 Å². The standard InChI is InChI=1S/C16H24FNO2/c1-11(2)18-16(10-19)8-7-13(9-16)20-14-6-4-5-12(3)15(14)17/h4-6,11,13,18-19H,7-10H2,1-3H3. The van der Waals surface area contributed by atoms with Gasteiger partial charge in [-0.05, 0) is 31.4 Å². The predicted octanol–water partition coefficient (Wildman–Crippen LogP) is 2.79. The minimum atomic E-state index is -0.293. The van der Waals surface area contributed by atoms with Crippen molar-refractivity contribution in [3.63, 3.8) is 0 Å². The lowest BCUT2D eigenvalue weighted by atomic mass is 9.97. The van der Waals surface area contributed by atoms with Gasteiger partial charge in [0.2, 0.25) is 0 Å². The quantitative estimate of drug-likeness (QED) is 0.872. The van der Waals surface area contributed by atoms with Crippen LogP contribution < -0.4 is 10.1 Å². The molecule has 0 saturated heterocycles. The molecule has 0 amide bonds. The van der Waals surface area contributed by atoms with Crippen LogP contribution in [0.3, 0.4) is 0 Å². The zero-order valence-electron chi connectivity index (χ0n) is 12.4. The van der Waals surface area contributed by atoms with E-state index in [-0.39, 0.29) is 24.1 Å². The Bertz CT molecular complexity index is 464. The Hall–Kier alpha value is -1.13. The highest BCUT2D eigenvalue weighted by atomic mass is 19.1. The van der Waals surface area contributed by atoms with Crippen molar-refractivity contribution in [2.45, 2.75) is 57.7 Å². The largest absolute Gasteiger partial charge is 0.487 e. The van der Waals surface area contributed by atoms with Gasteiger partial charge in [0, 0.05) is 18.0 Å². The number of aliphatic hydroxyl groups is 1. The molecule has 1 aliphatic rings. The summed E-state index contributed by atoms with van der Waals surface area (Å²) >= 11 is 0. The van der Waals surface area contributed by atoms with E-state index < -0.39 is 0 Å². The monoisotopic (exact) mass is 281 g/mol. The summed E-state index contributed by atoms with van der Waals surface area (Å²) in [6, 6.07) is 5.50. The van der Waals surface area contributed by atoms with Crippen molar-refractivity contribution in [2.75, 3.05) is 6.61 Å². The normalized spacial score (nSPS) is 26.2. The maximum atomic E-state index is 13.9. The van der Waals surface area contributed by atoms with Crippen LogP contribution in [-0.2, 0) is 0 Å². The van der Waals surface area contributed by atoms with Crippen LogP contribution in [0.1, 0.15) is 38.7 Å². The molecule has 20 heavy (non-hydrogen) atoms. The molecule has 0 radical (unpaired) electrons. The molecule has 1 fully saturated rings. The highest BCUT2D eigenvalue weighted by Gasteiger charge is 2.40. The van der Waals surface area contributed by atoms with Gasteiger partial charge in [0.15, 0.2) is 11.6 Å².